The van der Waals surface area contributed by atoms with E-state index in [1.54, 1.807) is 12.1 Å². The van der Waals surface area contributed by atoms with Gasteiger partial charge in [-0.2, -0.15) is 4.72 Å². The Morgan fingerprint density at radius 1 is 1.17 bits per heavy atom. The molecule has 2 rings (SSSR count). The van der Waals surface area contributed by atoms with Gasteiger partial charge in [0.15, 0.2) is 11.9 Å². The zero-order valence-corrected chi connectivity index (χ0v) is 18.2. The molecule has 0 aliphatic carbocycles. The molecule has 0 fully saturated rings. The van der Waals surface area contributed by atoms with Crippen molar-refractivity contribution >= 4 is 21.8 Å². The van der Waals surface area contributed by atoms with Crippen LogP contribution in [0.3, 0.4) is 0 Å². The van der Waals surface area contributed by atoms with Gasteiger partial charge in [-0.25, -0.2) is 8.42 Å². The van der Waals surface area contributed by atoms with E-state index >= 15 is 0 Å². The van der Waals surface area contributed by atoms with E-state index in [4.69, 9.17) is 9.26 Å². The molecule has 0 saturated carbocycles. The van der Waals surface area contributed by atoms with Crippen molar-refractivity contribution in [1.29, 1.82) is 0 Å². The second-order valence-electron chi connectivity index (χ2n) is 7.80. The highest BCUT2D eigenvalue weighted by Gasteiger charge is 2.26. The molecule has 8 nitrogen and oxygen atoms in total. The second-order valence-corrected chi connectivity index (χ2v) is 9.51. The molecule has 1 heterocycles. The van der Waals surface area contributed by atoms with Gasteiger partial charge < -0.3 is 9.26 Å². The van der Waals surface area contributed by atoms with Crippen LogP contribution in [0.4, 0.5) is 0 Å². The number of hydrogen-bond donors (Lipinski definition) is 1. The van der Waals surface area contributed by atoms with E-state index in [9.17, 15) is 18.0 Å². The number of nitrogens with one attached hydrogen (secondary N) is 1. The molecule has 0 radical (unpaired) electrons. The summed E-state index contributed by atoms with van der Waals surface area (Å²) in [6, 6.07) is 7.10. The Morgan fingerprint density at radius 3 is 2.24 bits per heavy atom. The van der Waals surface area contributed by atoms with E-state index in [0.717, 1.165) is 5.56 Å². The predicted octanol–water partition coefficient (Wildman–Crippen LogP) is 2.68. The van der Waals surface area contributed by atoms with Gasteiger partial charge in [0.2, 0.25) is 15.8 Å². The fourth-order valence-electron chi connectivity index (χ4n) is 2.75. The maximum Gasteiger partial charge on any atom is 0.321 e. The van der Waals surface area contributed by atoms with Crippen molar-refractivity contribution in [3.05, 3.63) is 46.8 Å². The first kappa shape index (κ1) is 22.8. The summed E-state index contributed by atoms with van der Waals surface area (Å²) in [6.07, 6.45) is -1.05. The fraction of sp³-hybridized carbons (Fsp3) is 0.450. The van der Waals surface area contributed by atoms with Crippen molar-refractivity contribution in [2.75, 3.05) is 6.54 Å². The Labute approximate surface area is 170 Å². The van der Waals surface area contributed by atoms with Crippen LogP contribution in [0.1, 0.15) is 55.1 Å². The van der Waals surface area contributed by atoms with Gasteiger partial charge in [-0.15, -0.1) is 0 Å². The summed E-state index contributed by atoms with van der Waals surface area (Å²) in [5, 5.41) is 3.58. The van der Waals surface area contributed by atoms with Gasteiger partial charge in [-0.3, -0.25) is 9.59 Å². The lowest BCUT2D eigenvalue weighted by atomic mass is 9.86. The minimum absolute atomic E-state index is 0.0436. The van der Waals surface area contributed by atoms with E-state index in [0.29, 0.717) is 5.56 Å². The number of sulfonamides is 1. The third-order valence-corrected chi connectivity index (χ3v) is 6.00. The second kappa shape index (κ2) is 8.46. The summed E-state index contributed by atoms with van der Waals surface area (Å²) in [5.41, 5.74) is 1.63. The quantitative estimate of drug-likeness (QED) is 0.539. The largest absolute Gasteiger partial charge is 0.453 e. The predicted molar refractivity (Wildman–Crippen MR) is 106 cm³/mol. The highest BCUT2D eigenvalue weighted by Crippen LogP contribution is 2.23. The van der Waals surface area contributed by atoms with Crippen molar-refractivity contribution in [3.8, 4) is 0 Å². The lowest BCUT2D eigenvalue weighted by molar-refractivity contribution is -0.144. The topological polar surface area (TPSA) is 116 Å². The summed E-state index contributed by atoms with van der Waals surface area (Å²) >= 11 is 0. The minimum Gasteiger partial charge on any atom is -0.453 e. The number of aromatic nitrogens is 1. The number of rotatable bonds is 7. The first-order chi connectivity index (χ1) is 13.3. The van der Waals surface area contributed by atoms with Gasteiger partial charge in [0.25, 0.3) is 0 Å². The number of Topliss-reactive ketones (excluding diaryl/α,β-unsaturated/α-hetero) is 1. The summed E-state index contributed by atoms with van der Waals surface area (Å²) in [4.78, 5) is 24.4. The SMILES string of the molecule is Cc1noc(C)c1S(=O)(=O)NCC(=O)O[C@@H](C)C(=O)c1ccc(C(C)(C)C)cc1. The lowest BCUT2D eigenvalue weighted by Crippen LogP contribution is -2.34. The molecule has 158 valence electrons. The number of ether oxygens (including phenoxy) is 1. The average Bonchev–Trinajstić information content (AvgIpc) is 2.98. The molecule has 0 amide bonds. The van der Waals surface area contributed by atoms with E-state index in [2.05, 4.69) is 30.6 Å². The van der Waals surface area contributed by atoms with Crippen LogP contribution < -0.4 is 4.72 Å². The smallest absolute Gasteiger partial charge is 0.321 e. The number of ketones is 1. The third-order valence-electron chi connectivity index (χ3n) is 4.36. The van der Waals surface area contributed by atoms with E-state index in [1.807, 2.05) is 12.1 Å². The third kappa shape index (κ3) is 5.51. The number of esters is 1. The maximum absolute atomic E-state index is 12.5. The van der Waals surface area contributed by atoms with Crippen LogP contribution in [0.15, 0.2) is 33.7 Å². The van der Waals surface area contributed by atoms with Gasteiger partial charge in [-0.05, 0) is 31.7 Å². The van der Waals surface area contributed by atoms with Crippen molar-refractivity contribution in [1.82, 2.24) is 9.88 Å². The van der Waals surface area contributed by atoms with Gasteiger partial charge in [-0.1, -0.05) is 50.2 Å². The molecule has 0 aliphatic heterocycles. The normalized spacial score (nSPS) is 13.2. The van der Waals surface area contributed by atoms with Crippen LogP contribution in [-0.2, 0) is 25.0 Å². The number of aryl methyl sites for hydroxylation is 2. The molecular formula is C20H26N2O6S. The first-order valence-corrected chi connectivity index (χ1v) is 10.6. The van der Waals surface area contributed by atoms with Crippen LogP contribution in [0, 0.1) is 13.8 Å². The van der Waals surface area contributed by atoms with Crippen molar-refractivity contribution < 1.29 is 27.3 Å². The van der Waals surface area contributed by atoms with Gasteiger partial charge in [0, 0.05) is 5.56 Å². The molecule has 1 N–H and O–H groups in total. The summed E-state index contributed by atoms with van der Waals surface area (Å²) in [5.74, 6) is -1.12. The van der Waals surface area contributed by atoms with Crippen molar-refractivity contribution in [2.24, 2.45) is 0 Å². The maximum atomic E-state index is 12.5. The standard InChI is InChI=1S/C20H26N2O6S/c1-12-19(14(3)28-22-12)29(25,26)21-11-17(23)27-13(2)18(24)15-7-9-16(10-8-15)20(4,5)6/h7-10,13,21H,11H2,1-6H3/t13-/m0/s1. The Morgan fingerprint density at radius 2 is 1.76 bits per heavy atom. The number of nitrogens with zero attached hydrogens (tertiary/aromatic N) is 1. The lowest BCUT2D eigenvalue weighted by Gasteiger charge is -2.19. The fourth-order valence-corrected chi connectivity index (χ4v) is 4.04. The average molecular weight is 423 g/mol. The zero-order chi connectivity index (χ0) is 22.0. The van der Waals surface area contributed by atoms with E-state index in [1.165, 1.54) is 20.8 Å². The van der Waals surface area contributed by atoms with Gasteiger partial charge in [0.1, 0.15) is 17.1 Å². The van der Waals surface area contributed by atoms with Crippen LogP contribution >= 0.6 is 0 Å². The Bertz CT molecular complexity index is 981. The highest BCUT2D eigenvalue weighted by atomic mass is 32.2. The molecular weight excluding hydrogens is 396 g/mol. The Balaban J connectivity index is 1.97. The van der Waals surface area contributed by atoms with Crippen molar-refractivity contribution in [2.45, 2.75) is 58.0 Å². The molecule has 0 spiro atoms. The van der Waals surface area contributed by atoms with Crippen LogP contribution in [-0.4, -0.2) is 38.0 Å². The molecule has 1 aromatic heterocycles. The monoisotopic (exact) mass is 422 g/mol. The van der Waals surface area contributed by atoms with Crippen LogP contribution in [0.25, 0.3) is 0 Å². The molecule has 1 atom stereocenters. The first-order valence-electron chi connectivity index (χ1n) is 9.09. The summed E-state index contributed by atoms with van der Waals surface area (Å²) in [7, 11) is -3.99. The molecule has 2 aromatic rings. The number of carbonyl (C=O) groups excluding carboxylic acids is 2. The van der Waals surface area contributed by atoms with Gasteiger partial charge in [0.05, 0.1) is 0 Å². The van der Waals surface area contributed by atoms with E-state index < -0.39 is 28.6 Å². The molecule has 9 heteroatoms. The molecule has 0 bridgehead atoms. The molecule has 0 saturated heterocycles. The Kier molecular flexibility index (Phi) is 6.64. The van der Waals surface area contributed by atoms with Crippen LogP contribution in [0.2, 0.25) is 0 Å². The molecule has 0 aliphatic rings. The van der Waals surface area contributed by atoms with E-state index in [-0.39, 0.29) is 27.5 Å². The number of hydrogen-bond acceptors (Lipinski definition) is 7. The minimum atomic E-state index is -3.99. The summed E-state index contributed by atoms with van der Waals surface area (Å²) < 4.78 is 36.7. The Hall–Kier alpha value is -2.52. The highest BCUT2D eigenvalue weighted by molar-refractivity contribution is 7.89. The zero-order valence-electron chi connectivity index (χ0n) is 17.4. The number of carbonyl (C=O) groups is 2. The molecule has 0 unspecified atom stereocenters. The van der Waals surface area contributed by atoms with Crippen molar-refractivity contribution in [3.63, 3.8) is 0 Å². The molecule has 1 aromatic carbocycles. The number of benzene rings is 1. The van der Waals surface area contributed by atoms with Crippen LogP contribution in [0.5, 0.6) is 0 Å². The molecule has 29 heavy (non-hydrogen) atoms. The summed E-state index contributed by atoms with van der Waals surface area (Å²) in [6.45, 7) is 9.97. The van der Waals surface area contributed by atoms with Gasteiger partial charge >= 0.3 is 5.97 Å².